The highest BCUT2D eigenvalue weighted by molar-refractivity contribution is 5.74. The molecule has 1 saturated carbocycles. The van der Waals surface area contributed by atoms with E-state index in [1.807, 2.05) is 37.4 Å². The van der Waals surface area contributed by atoms with E-state index in [1.165, 1.54) is 6.07 Å². The largest absolute Gasteiger partial charge is 0.329 e. The van der Waals surface area contributed by atoms with E-state index in [1.54, 1.807) is 6.07 Å². The van der Waals surface area contributed by atoms with Crippen molar-refractivity contribution in [2.75, 3.05) is 12.4 Å². The number of benzene rings is 2. The molecule has 0 spiro atoms. The number of rotatable bonds is 7. The Kier molecular flexibility index (Phi) is 6.36. The molecule has 0 aliphatic heterocycles. The average Bonchev–Trinajstić information content (AvgIpc) is 2.69. The van der Waals surface area contributed by atoms with Crippen molar-refractivity contribution in [1.29, 1.82) is 0 Å². The molecule has 138 valence electrons. The summed E-state index contributed by atoms with van der Waals surface area (Å²) in [6, 6.07) is 13.8. The molecule has 26 heavy (non-hydrogen) atoms. The Labute approximate surface area is 154 Å². The van der Waals surface area contributed by atoms with Gasteiger partial charge in [-0.2, -0.15) is 0 Å². The van der Waals surface area contributed by atoms with Gasteiger partial charge in [0.2, 0.25) is 6.41 Å². The van der Waals surface area contributed by atoms with Crippen molar-refractivity contribution in [2.45, 2.75) is 44.3 Å². The van der Waals surface area contributed by atoms with Gasteiger partial charge < -0.3 is 16.0 Å². The number of carbonyl (C=O) groups excluding carboxylic acids is 1. The first kappa shape index (κ1) is 18.5. The third-order valence-corrected chi connectivity index (χ3v) is 5.21. The van der Waals surface area contributed by atoms with E-state index in [0.29, 0.717) is 30.6 Å². The Bertz CT molecular complexity index is 725. The Hall–Kier alpha value is -2.24. The summed E-state index contributed by atoms with van der Waals surface area (Å²) in [5, 5.41) is 9.46. The fourth-order valence-electron chi connectivity index (χ4n) is 3.56. The highest BCUT2D eigenvalue weighted by Gasteiger charge is 2.19. The molecule has 0 aromatic heterocycles. The van der Waals surface area contributed by atoms with E-state index in [2.05, 4.69) is 16.0 Å². The minimum absolute atomic E-state index is 0.176. The molecular weight excluding hydrogens is 329 g/mol. The maximum atomic E-state index is 14.2. The number of carbonyl (C=O) groups is 1. The van der Waals surface area contributed by atoms with Gasteiger partial charge in [-0.25, -0.2) is 4.39 Å². The van der Waals surface area contributed by atoms with E-state index in [9.17, 15) is 9.18 Å². The minimum atomic E-state index is -0.176. The molecule has 2 aromatic rings. The molecule has 1 amide bonds. The SMILES string of the molecule is CNC1CCC(NCc2cc(-c3ccc(NC=O)cc3)ccc2F)CC1. The van der Waals surface area contributed by atoms with Crippen molar-refractivity contribution in [2.24, 2.45) is 0 Å². The maximum absolute atomic E-state index is 14.2. The van der Waals surface area contributed by atoms with Crippen molar-refractivity contribution < 1.29 is 9.18 Å². The summed E-state index contributed by atoms with van der Waals surface area (Å²) < 4.78 is 14.2. The molecule has 3 rings (SSSR count). The fraction of sp³-hybridized carbons (Fsp3) is 0.381. The van der Waals surface area contributed by atoms with Crippen LogP contribution in [0.5, 0.6) is 0 Å². The van der Waals surface area contributed by atoms with Gasteiger partial charge in [0.25, 0.3) is 0 Å². The Balaban J connectivity index is 1.65. The van der Waals surface area contributed by atoms with Crippen LogP contribution in [0, 0.1) is 5.82 Å². The normalized spacial score (nSPS) is 19.9. The molecule has 2 aromatic carbocycles. The molecule has 1 aliphatic rings. The van der Waals surface area contributed by atoms with Gasteiger partial charge in [-0.05, 0) is 68.1 Å². The first-order valence-corrected chi connectivity index (χ1v) is 9.19. The lowest BCUT2D eigenvalue weighted by Crippen LogP contribution is -2.38. The predicted octanol–water partition coefficient (Wildman–Crippen LogP) is 3.68. The molecule has 3 N–H and O–H groups in total. The number of nitrogens with one attached hydrogen (secondary N) is 3. The Morgan fingerprint density at radius 2 is 1.65 bits per heavy atom. The third kappa shape index (κ3) is 4.68. The standard InChI is InChI=1S/C21H26FN3O/c1-23-18-7-9-19(10-8-18)24-13-17-12-16(4-11-21(17)22)15-2-5-20(6-3-15)25-14-26/h2-6,11-12,14,18-19,23-24H,7-10,13H2,1H3,(H,25,26). The second kappa shape index (κ2) is 8.92. The van der Waals surface area contributed by atoms with Crippen LogP contribution in [-0.4, -0.2) is 25.5 Å². The first-order valence-electron chi connectivity index (χ1n) is 9.19. The molecule has 0 saturated heterocycles. The molecule has 0 heterocycles. The molecule has 1 aliphatic carbocycles. The van der Waals surface area contributed by atoms with Gasteiger partial charge in [0.1, 0.15) is 5.82 Å². The summed E-state index contributed by atoms with van der Waals surface area (Å²) in [5.41, 5.74) is 3.40. The van der Waals surface area contributed by atoms with E-state index in [0.717, 1.165) is 42.5 Å². The zero-order valence-electron chi connectivity index (χ0n) is 15.1. The van der Waals surface area contributed by atoms with Crippen LogP contribution in [-0.2, 0) is 11.3 Å². The number of hydrogen-bond acceptors (Lipinski definition) is 3. The summed E-state index contributed by atoms with van der Waals surface area (Å²) in [6.45, 7) is 0.541. The third-order valence-electron chi connectivity index (χ3n) is 5.21. The van der Waals surface area contributed by atoms with Crippen LogP contribution in [0.3, 0.4) is 0 Å². The molecule has 0 atom stereocenters. The second-order valence-electron chi connectivity index (χ2n) is 6.86. The van der Waals surface area contributed by atoms with E-state index < -0.39 is 0 Å². The molecule has 0 unspecified atom stereocenters. The molecule has 0 bridgehead atoms. The second-order valence-corrected chi connectivity index (χ2v) is 6.86. The maximum Gasteiger partial charge on any atom is 0.211 e. The van der Waals surface area contributed by atoms with E-state index >= 15 is 0 Å². The van der Waals surface area contributed by atoms with Gasteiger partial charge in [-0.1, -0.05) is 18.2 Å². The molecular formula is C21H26FN3O. The lowest BCUT2D eigenvalue weighted by Gasteiger charge is -2.29. The number of halogens is 1. The lowest BCUT2D eigenvalue weighted by molar-refractivity contribution is -0.105. The summed E-state index contributed by atoms with van der Waals surface area (Å²) in [5.74, 6) is -0.176. The number of amides is 1. The smallest absolute Gasteiger partial charge is 0.211 e. The summed E-state index contributed by atoms with van der Waals surface area (Å²) >= 11 is 0. The van der Waals surface area contributed by atoms with Crippen LogP contribution in [0.15, 0.2) is 42.5 Å². The lowest BCUT2D eigenvalue weighted by atomic mass is 9.91. The Morgan fingerprint density at radius 1 is 1.00 bits per heavy atom. The summed E-state index contributed by atoms with van der Waals surface area (Å²) in [7, 11) is 2.01. The topological polar surface area (TPSA) is 53.2 Å². The summed E-state index contributed by atoms with van der Waals surface area (Å²) in [6.07, 6.45) is 5.23. The summed E-state index contributed by atoms with van der Waals surface area (Å²) in [4.78, 5) is 10.5. The predicted molar refractivity (Wildman–Crippen MR) is 103 cm³/mol. The van der Waals surface area contributed by atoms with Crippen molar-refractivity contribution in [3.63, 3.8) is 0 Å². The van der Waals surface area contributed by atoms with Gasteiger partial charge >= 0.3 is 0 Å². The van der Waals surface area contributed by atoms with Gasteiger partial charge in [0.05, 0.1) is 0 Å². The van der Waals surface area contributed by atoms with Crippen LogP contribution < -0.4 is 16.0 Å². The van der Waals surface area contributed by atoms with Crippen molar-refractivity contribution in [3.8, 4) is 11.1 Å². The first-order chi connectivity index (χ1) is 12.7. The van der Waals surface area contributed by atoms with Crippen LogP contribution in [0.4, 0.5) is 10.1 Å². The quantitative estimate of drug-likeness (QED) is 0.664. The van der Waals surface area contributed by atoms with E-state index in [-0.39, 0.29) is 5.82 Å². The molecule has 0 radical (unpaired) electrons. The zero-order chi connectivity index (χ0) is 18.4. The van der Waals surface area contributed by atoms with Crippen LogP contribution in [0.1, 0.15) is 31.2 Å². The average molecular weight is 355 g/mol. The van der Waals surface area contributed by atoms with Gasteiger partial charge in [0, 0.05) is 29.9 Å². The van der Waals surface area contributed by atoms with Gasteiger partial charge in [0.15, 0.2) is 0 Å². The molecule has 4 nitrogen and oxygen atoms in total. The van der Waals surface area contributed by atoms with Crippen LogP contribution in [0.25, 0.3) is 11.1 Å². The van der Waals surface area contributed by atoms with Crippen molar-refractivity contribution in [1.82, 2.24) is 10.6 Å². The highest BCUT2D eigenvalue weighted by Crippen LogP contribution is 2.24. The van der Waals surface area contributed by atoms with Crippen LogP contribution >= 0.6 is 0 Å². The zero-order valence-corrected chi connectivity index (χ0v) is 15.1. The Morgan fingerprint density at radius 3 is 2.31 bits per heavy atom. The van der Waals surface area contributed by atoms with Gasteiger partial charge in [-0.15, -0.1) is 0 Å². The van der Waals surface area contributed by atoms with Crippen molar-refractivity contribution >= 4 is 12.1 Å². The van der Waals surface area contributed by atoms with Crippen molar-refractivity contribution in [3.05, 3.63) is 53.8 Å². The number of hydrogen-bond donors (Lipinski definition) is 3. The fourth-order valence-corrected chi connectivity index (χ4v) is 3.56. The van der Waals surface area contributed by atoms with Gasteiger partial charge in [-0.3, -0.25) is 4.79 Å². The minimum Gasteiger partial charge on any atom is -0.329 e. The molecule has 5 heteroatoms. The number of anilines is 1. The van der Waals surface area contributed by atoms with Crippen LogP contribution in [0.2, 0.25) is 0 Å². The van der Waals surface area contributed by atoms with E-state index in [4.69, 9.17) is 0 Å². The monoisotopic (exact) mass is 355 g/mol. The highest BCUT2D eigenvalue weighted by atomic mass is 19.1. The molecule has 1 fully saturated rings.